The molecule has 0 fully saturated rings. The van der Waals surface area contributed by atoms with Crippen molar-refractivity contribution in [1.29, 1.82) is 0 Å². The highest BCUT2D eigenvalue weighted by Gasteiger charge is 2.09. The average molecular weight is 316 g/mol. The van der Waals surface area contributed by atoms with E-state index in [9.17, 15) is 9.18 Å². The summed E-state index contributed by atoms with van der Waals surface area (Å²) in [6.45, 7) is 3.10. The van der Waals surface area contributed by atoms with Crippen LogP contribution in [0.1, 0.15) is 42.2 Å². The van der Waals surface area contributed by atoms with E-state index >= 15 is 0 Å². The average Bonchev–Trinajstić information content (AvgIpc) is 2.58. The maximum atomic E-state index is 13.5. The third kappa shape index (κ3) is 5.32. The molecule has 6 heteroatoms. The largest absolute Gasteiger partial charge is 0.369 e. The van der Waals surface area contributed by atoms with E-state index in [0.717, 1.165) is 25.8 Å². The van der Waals surface area contributed by atoms with Crippen molar-refractivity contribution in [2.75, 3.05) is 11.9 Å². The van der Waals surface area contributed by atoms with Crippen molar-refractivity contribution in [1.82, 2.24) is 15.5 Å². The number of hydrogen-bond acceptors (Lipinski definition) is 4. The summed E-state index contributed by atoms with van der Waals surface area (Å²) in [4.78, 5) is 12.0. The molecule has 2 aromatic rings. The molecule has 1 amide bonds. The van der Waals surface area contributed by atoms with Crippen molar-refractivity contribution in [2.24, 2.45) is 0 Å². The zero-order chi connectivity index (χ0) is 16.5. The molecule has 0 unspecified atom stereocenters. The Bertz CT molecular complexity index is 631. The first kappa shape index (κ1) is 16.9. The van der Waals surface area contributed by atoms with Gasteiger partial charge < -0.3 is 10.6 Å². The number of carbonyl (C=O) groups is 1. The first-order valence-electron chi connectivity index (χ1n) is 7.80. The molecule has 0 aliphatic rings. The molecule has 0 aliphatic carbocycles. The van der Waals surface area contributed by atoms with Crippen LogP contribution in [-0.4, -0.2) is 22.6 Å². The molecule has 0 spiro atoms. The zero-order valence-electron chi connectivity index (χ0n) is 13.2. The van der Waals surface area contributed by atoms with Gasteiger partial charge in [-0.1, -0.05) is 38.0 Å². The lowest BCUT2D eigenvalue weighted by molar-refractivity contribution is 0.0944. The summed E-state index contributed by atoms with van der Waals surface area (Å²) in [5.74, 6) is -0.0736. The third-order valence-electron chi connectivity index (χ3n) is 3.38. The summed E-state index contributed by atoms with van der Waals surface area (Å²) in [5.41, 5.74) is 0.642. The minimum Gasteiger partial charge on any atom is -0.369 e. The first-order valence-corrected chi connectivity index (χ1v) is 7.80. The van der Waals surface area contributed by atoms with Crippen molar-refractivity contribution in [3.63, 3.8) is 0 Å². The Labute approximate surface area is 135 Å². The number of benzene rings is 1. The van der Waals surface area contributed by atoms with E-state index in [-0.39, 0.29) is 24.0 Å². The Morgan fingerprint density at radius 1 is 1.13 bits per heavy atom. The van der Waals surface area contributed by atoms with Crippen LogP contribution in [0.4, 0.5) is 10.2 Å². The quantitative estimate of drug-likeness (QED) is 0.734. The number of nitrogens with zero attached hydrogens (tertiary/aromatic N) is 2. The van der Waals surface area contributed by atoms with E-state index in [4.69, 9.17) is 0 Å². The zero-order valence-corrected chi connectivity index (χ0v) is 13.2. The van der Waals surface area contributed by atoms with Gasteiger partial charge in [-0.2, -0.15) is 0 Å². The highest BCUT2D eigenvalue weighted by molar-refractivity contribution is 5.92. The lowest BCUT2D eigenvalue weighted by atomic mass is 10.2. The molecule has 5 nitrogen and oxygen atoms in total. The topological polar surface area (TPSA) is 66.9 Å². The minimum absolute atomic E-state index is 0.115. The maximum absolute atomic E-state index is 13.5. The Morgan fingerprint density at radius 3 is 2.65 bits per heavy atom. The van der Waals surface area contributed by atoms with E-state index < -0.39 is 0 Å². The number of rotatable bonds is 8. The Hall–Kier alpha value is -2.50. The molecule has 1 aromatic heterocycles. The number of aromatic nitrogens is 2. The van der Waals surface area contributed by atoms with Crippen molar-refractivity contribution in [3.05, 3.63) is 53.5 Å². The molecule has 0 atom stereocenters. The van der Waals surface area contributed by atoms with Gasteiger partial charge in [0.15, 0.2) is 5.69 Å². The fourth-order valence-corrected chi connectivity index (χ4v) is 2.05. The van der Waals surface area contributed by atoms with Gasteiger partial charge in [0, 0.05) is 18.7 Å². The Kier molecular flexibility index (Phi) is 6.47. The number of unbranched alkanes of at least 4 members (excludes halogenated alkanes) is 2. The number of hydrogen-bond donors (Lipinski definition) is 2. The smallest absolute Gasteiger partial charge is 0.272 e. The van der Waals surface area contributed by atoms with E-state index in [0.29, 0.717) is 11.4 Å². The Balaban J connectivity index is 1.84. The second kappa shape index (κ2) is 8.82. The molecule has 2 N–H and O–H groups in total. The van der Waals surface area contributed by atoms with Crippen LogP contribution in [0, 0.1) is 5.82 Å². The van der Waals surface area contributed by atoms with Crippen LogP contribution < -0.4 is 10.6 Å². The number of amides is 1. The normalized spacial score (nSPS) is 10.3. The van der Waals surface area contributed by atoms with Gasteiger partial charge in [-0.25, -0.2) is 4.39 Å². The van der Waals surface area contributed by atoms with Crippen LogP contribution in [0.25, 0.3) is 0 Å². The molecule has 1 heterocycles. The van der Waals surface area contributed by atoms with E-state index in [1.807, 2.05) is 0 Å². The molecular formula is C17H21FN4O. The first-order chi connectivity index (χ1) is 11.2. The van der Waals surface area contributed by atoms with Gasteiger partial charge in [0.1, 0.15) is 11.6 Å². The molecule has 23 heavy (non-hydrogen) atoms. The second-order valence-corrected chi connectivity index (χ2v) is 5.21. The molecule has 0 aliphatic heterocycles. The number of nitrogens with one attached hydrogen (secondary N) is 2. The van der Waals surface area contributed by atoms with Crippen LogP contribution in [0.5, 0.6) is 0 Å². The number of carbonyl (C=O) groups excluding carboxylic acids is 1. The molecule has 0 radical (unpaired) electrons. The van der Waals surface area contributed by atoms with Crippen LogP contribution in [-0.2, 0) is 6.54 Å². The van der Waals surface area contributed by atoms with Gasteiger partial charge in [0.25, 0.3) is 5.91 Å². The summed E-state index contributed by atoms with van der Waals surface area (Å²) in [6.07, 6.45) is 3.40. The van der Waals surface area contributed by atoms with Crippen LogP contribution >= 0.6 is 0 Å². The predicted octanol–water partition coefficient (Wildman–Crippen LogP) is 3.15. The minimum atomic E-state index is -0.377. The highest BCUT2D eigenvalue weighted by Crippen LogP contribution is 2.07. The van der Waals surface area contributed by atoms with Gasteiger partial charge in [-0.15, -0.1) is 10.2 Å². The van der Waals surface area contributed by atoms with Gasteiger partial charge >= 0.3 is 0 Å². The summed E-state index contributed by atoms with van der Waals surface area (Å²) in [7, 11) is 0. The lowest BCUT2D eigenvalue weighted by Gasteiger charge is -2.07. The number of halogens is 1. The third-order valence-corrected chi connectivity index (χ3v) is 3.38. The second-order valence-electron chi connectivity index (χ2n) is 5.21. The van der Waals surface area contributed by atoms with E-state index in [2.05, 4.69) is 27.8 Å². The van der Waals surface area contributed by atoms with Gasteiger partial charge in [-0.05, 0) is 24.6 Å². The summed E-state index contributed by atoms with van der Waals surface area (Å²) in [6, 6.07) is 9.65. The van der Waals surface area contributed by atoms with Crippen LogP contribution in [0.15, 0.2) is 36.4 Å². The van der Waals surface area contributed by atoms with Crippen molar-refractivity contribution in [2.45, 2.75) is 32.7 Å². The molecular weight excluding hydrogens is 295 g/mol. The summed E-state index contributed by atoms with van der Waals surface area (Å²) >= 11 is 0. The van der Waals surface area contributed by atoms with E-state index in [1.165, 1.54) is 6.07 Å². The molecule has 0 saturated heterocycles. The molecule has 0 bridgehead atoms. The van der Waals surface area contributed by atoms with Crippen LogP contribution in [0.3, 0.4) is 0 Å². The van der Waals surface area contributed by atoms with Gasteiger partial charge in [0.2, 0.25) is 0 Å². The van der Waals surface area contributed by atoms with Gasteiger partial charge in [0.05, 0.1) is 0 Å². The molecule has 122 valence electrons. The highest BCUT2D eigenvalue weighted by atomic mass is 19.1. The number of anilines is 1. The Morgan fingerprint density at radius 2 is 1.96 bits per heavy atom. The fraction of sp³-hybridized carbons (Fsp3) is 0.353. The fourth-order valence-electron chi connectivity index (χ4n) is 2.05. The molecule has 2 rings (SSSR count). The van der Waals surface area contributed by atoms with E-state index in [1.54, 1.807) is 30.3 Å². The van der Waals surface area contributed by atoms with Crippen LogP contribution in [0.2, 0.25) is 0 Å². The summed E-state index contributed by atoms with van der Waals surface area (Å²) in [5, 5.41) is 13.7. The van der Waals surface area contributed by atoms with Crippen molar-refractivity contribution >= 4 is 11.7 Å². The van der Waals surface area contributed by atoms with Gasteiger partial charge in [-0.3, -0.25) is 4.79 Å². The predicted molar refractivity (Wildman–Crippen MR) is 87.6 cm³/mol. The molecule has 0 saturated carbocycles. The van der Waals surface area contributed by atoms with Crippen molar-refractivity contribution in [3.8, 4) is 0 Å². The summed E-state index contributed by atoms with van der Waals surface area (Å²) < 4.78 is 13.5. The molecule has 1 aromatic carbocycles. The monoisotopic (exact) mass is 316 g/mol. The maximum Gasteiger partial charge on any atom is 0.272 e. The SMILES string of the molecule is CCCCCNc1ccc(C(=O)NCc2ccccc2F)nn1. The lowest BCUT2D eigenvalue weighted by Crippen LogP contribution is -2.24. The van der Waals surface area contributed by atoms with Crippen molar-refractivity contribution < 1.29 is 9.18 Å². The standard InChI is InChI=1S/C17H21FN4O/c1-2-3-6-11-19-16-10-9-15(21-22-16)17(23)20-12-13-7-4-5-8-14(13)18/h4-5,7-10H,2-3,6,11-12H2,1H3,(H,19,22)(H,20,23).